The highest BCUT2D eigenvalue weighted by Crippen LogP contribution is 2.48. The van der Waals surface area contributed by atoms with Gasteiger partial charge in [-0.3, -0.25) is 4.79 Å². The van der Waals surface area contributed by atoms with Gasteiger partial charge in [-0.2, -0.15) is 0 Å². The molecule has 3 rings (SSSR count). The van der Waals surface area contributed by atoms with Crippen molar-refractivity contribution in [2.45, 2.75) is 24.9 Å². The van der Waals surface area contributed by atoms with E-state index in [4.69, 9.17) is 0 Å². The molecular weight excluding hydrogens is 320 g/mol. The van der Waals surface area contributed by atoms with E-state index in [1.807, 2.05) is 11.4 Å². The van der Waals surface area contributed by atoms with Crippen LogP contribution in [0.1, 0.15) is 29.7 Å². The molecule has 1 aromatic heterocycles. The first-order chi connectivity index (χ1) is 10.9. The maximum atomic E-state index is 13.7. The number of amides is 1. The topological polar surface area (TPSA) is 49.3 Å². The Morgan fingerprint density at radius 3 is 2.87 bits per heavy atom. The van der Waals surface area contributed by atoms with Crippen molar-refractivity contribution in [1.29, 1.82) is 0 Å². The highest BCUT2D eigenvalue weighted by molar-refractivity contribution is 7.10. The molecule has 1 aliphatic carbocycles. The summed E-state index contributed by atoms with van der Waals surface area (Å²) in [5, 5.41) is 14.9. The minimum Gasteiger partial charge on any atom is -0.383 e. The quantitative estimate of drug-likeness (QED) is 0.880. The van der Waals surface area contributed by atoms with Crippen LogP contribution in [-0.4, -0.2) is 17.6 Å². The van der Waals surface area contributed by atoms with Gasteiger partial charge in [0.05, 0.1) is 6.54 Å². The number of hydrogen-bond acceptors (Lipinski definition) is 3. The minimum atomic E-state index is -1.14. The number of halogens is 2. The summed E-state index contributed by atoms with van der Waals surface area (Å²) in [4.78, 5) is 12.9. The maximum absolute atomic E-state index is 13.7. The van der Waals surface area contributed by atoms with Crippen LogP contribution in [0.3, 0.4) is 0 Å². The van der Waals surface area contributed by atoms with Crippen LogP contribution < -0.4 is 5.32 Å². The third-order valence-electron chi connectivity index (χ3n) is 4.17. The van der Waals surface area contributed by atoms with E-state index in [2.05, 4.69) is 5.32 Å². The van der Waals surface area contributed by atoms with Gasteiger partial charge in [0.1, 0.15) is 5.60 Å². The zero-order valence-electron chi connectivity index (χ0n) is 12.6. The van der Waals surface area contributed by atoms with Gasteiger partial charge in [-0.1, -0.05) is 18.2 Å². The van der Waals surface area contributed by atoms with Gasteiger partial charge in [-0.15, -0.1) is 11.3 Å². The van der Waals surface area contributed by atoms with Gasteiger partial charge in [0.15, 0.2) is 11.6 Å². The number of rotatable bonds is 5. The van der Waals surface area contributed by atoms with Crippen molar-refractivity contribution in [3.8, 4) is 0 Å². The van der Waals surface area contributed by atoms with E-state index in [1.165, 1.54) is 23.5 Å². The van der Waals surface area contributed by atoms with E-state index >= 15 is 0 Å². The van der Waals surface area contributed by atoms with E-state index in [-0.39, 0.29) is 29.9 Å². The fraction of sp³-hybridized carbons (Fsp3) is 0.353. The van der Waals surface area contributed by atoms with Crippen LogP contribution >= 0.6 is 11.3 Å². The molecule has 0 bridgehead atoms. The Bertz CT molecular complexity index is 715. The predicted octanol–water partition coefficient (Wildman–Crippen LogP) is 3.15. The Labute approximate surface area is 137 Å². The lowest BCUT2D eigenvalue weighted by atomic mass is 10.0. The Hall–Kier alpha value is -1.79. The Balaban J connectivity index is 1.60. The number of nitrogens with one attached hydrogen (secondary N) is 1. The molecule has 1 saturated carbocycles. The Kier molecular flexibility index (Phi) is 4.21. The first-order valence-corrected chi connectivity index (χ1v) is 8.26. The van der Waals surface area contributed by atoms with Crippen molar-refractivity contribution in [3.63, 3.8) is 0 Å². The molecule has 0 unspecified atom stereocenters. The number of benzene rings is 1. The summed E-state index contributed by atoms with van der Waals surface area (Å²) in [6, 6.07) is 7.66. The molecule has 1 heterocycles. The fourth-order valence-corrected chi connectivity index (χ4v) is 3.48. The number of aliphatic hydroxyl groups is 1. The lowest BCUT2D eigenvalue weighted by molar-refractivity contribution is -0.123. The number of carbonyl (C=O) groups is 1. The Morgan fingerprint density at radius 2 is 2.17 bits per heavy atom. The van der Waals surface area contributed by atoms with Crippen molar-refractivity contribution >= 4 is 17.2 Å². The van der Waals surface area contributed by atoms with Gasteiger partial charge in [-0.05, 0) is 42.3 Å². The summed E-state index contributed by atoms with van der Waals surface area (Å²) >= 11 is 1.41. The monoisotopic (exact) mass is 337 g/mol. The smallest absolute Gasteiger partial charge is 0.223 e. The van der Waals surface area contributed by atoms with E-state index in [1.54, 1.807) is 13.0 Å². The van der Waals surface area contributed by atoms with Gasteiger partial charge >= 0.3 is 0 Å². The van der Waals surface area contributed by atoms with E-state index in [0.717, 1.165) is 10.9 Å². The van der Waals surface area contributed by atoms with Crippen molar-refractivity contribution < 1.29 is 18.7 Å². The second-order valence-electron chi connectivity index (χ2n) is 6.06. The largest absolute Gasteiger partial charge is 0.383 e. The highest BCUT2D eigenvalue weighted by atomic mass is 32.1. The molecule has 3 atom stereocenters. The second kappa shape index (κ2) is 6.02. The van der Waals surface area contributed by atoms with Crippen LogP contribution in [0.5, 0.6) is 0 Å². The van der Waals surface area contributed by atoms with Gasteiger partial charge in [0.25, 0.3) is 0 Å². The van der Waals surface area contributed by atoms with Crippen molar-refractivity contribution in [1.82, 2.24) is 5.32 Å². The molecule has 0 spiro atoms. The molecule has 3 nitrogen and oxygen atoms in total. The van der Waals surface area contributed by atoms with Crippen LogP contribution in [0.4, 0.5) is 8.78 Å². The lowest BCUT2D eigenvalue weighted by Gasteiger charge is -2.22. The summed E-state index contributed by atoms with van der Waals surface area (Å²) in [7, 11) is 0. The summed E-state index contributed by atoms with van der Waals surface area (Å²) in [6.07, 6.45) is 0.493. The molecule has 2 aromatic rings. The third kappa shape index (κ3) is 3.28. The van der Waals surface area contributed by atoms with Crippen molar-refractivity contribution in [2.24, 2.45) is 5.92 Å². The van der Waals surface area contributed by atoms with Gasteiger partial charge in [0, 0.05) is 10.8 Å². The van der Waals surface area contributed by atoms with Crippen LogP contribution in [-0.2, 0) is 10.4 Å². The van der Waals surface area contributed by atoms with Crippen LogP contribution in [0.2, 0.25) is 0 Å². The first kappa shape index (κ1) is 16.1. The summed E-state index contributed by atoms with van der Waals surface area (Å²) in [6.45, 7) is 1.72. The normalized spacial score (nSPS) is 22.4. The molecule has 6 heteroatoms. The molecule has 1 amide bonds. The molecule has 1 fully saturated rings. The molecule has 2 N–H and O–H groups in total. The Morgan fingerprint density at radius 1 is 1.39 bits per heavy atom. The van der Waals surface area contributed by atoms with E-state index in [0.29, 0.717) is 6.42 Å². The van der Waals surface area contributed by atoms with E-state index < -0.39 is 17.2 Å². The van der Waals surface area contributed by atoms with Crippen LogP contribution in [0.25, 0.3) is 0 Å². The average Bonchev–Trinajstić information content (AvgIpc) is 3.09. The number of carbonyl (C=O) groups excluding carboxylic acids is 1. The molecule has 0 radical (unpaired) electrons. The average molecular weight is 337 g/mol. The third-order valence-corrected chi connectivity index (χ3v) is 5.29. The molecular formula is C17H17F2NO2S. The molecule has 0 aliphatic heterocycles. The van der Waals surface area contributed by atoms with Gasteiger partial charge < -0.3 is 10.4 Å². The second-order valence-corrected chi connectivity index (χ2v) is 7.01. The zero-order valence-corrected chi connectivity index (χ0v) is 13.4. The molecule has 1 aromatic carbocycles. The van der Waals surface area contributed by atoms with Gasteiger partial charge in [-0.25, -0.2) is 8.78 Å². The molecule has 0 saturated heterocycles. The number of thiophene rings is 1. The SMILES string of the molecule is C[C@](O)(CNC(=O)[C@H]1C[C@@H]1c1cccc(F)c1F)c1cccs1. The number of hydrogen-bond donors (Lipinski definition) is 2. The van der Waals surface area contributed by atoms with Crippen molar-refractivity contribution in [2.75, 3.05) is 6.54 Å². The minimum absolute atomic E-state index is 0.0845. The lowest BCUT2D eigenvalue weighted by Crippen LogP contribution is -2.38. The standard InChI is InChI=1S/C17H17F2NO2S/c1-17(22,14-6-3-7-23-14)9-20-16(21)12-8-11(12)10-4-2-5-13(18)15(10)19/h2-7,11-12,22H,8-9H2,1H3,(H,20,21)/t11-,12+,17+/m1/s1. The predicted molar refractivity (Wildman–Crippen MR) is 84.1 cm³/mol. The summed E-state index contributed by atoms with van der Waals surface area (Å²) in [5.74, 6) is -2.68. The first-order valence-electron chi connectivity index (χ1n) is 7.38. The van der Waals surface area contributed by atoms with Crippen LogP contribution in [0.15, 0.2) is 35.7 Å². The van der Waals surface area contributed by atoms with E-state index in [9.17, 15) is 18.7 Å². The molecule has 1 aliphatic rings. The van der Waals surface area contributed by atoms with Gasteiger partial charge in [0.2, 0.25) is 5.91 Å². The molecule has 23 heavy (non-hydrogen) atoms. The fourth-order valence-electron chi connectivity index (χ4n) is 2.70. The molecule has 122 valence electrons. The summed E-state index contributed by atoms with van der Waals surface area (Å²) in [5.41, 5.74) is -0.895. The van der Waals surface area contributed by atoms with Crippen molar-refractivity contribution in [3.05, 3.63) is 57.8 Å². The summed E-state index contributed by atoms with van der Waals surface area (Å²) < 4.78 is 27.0. The zero-order chi connectivity index (χ0) is 16.6. The highest BCUT2D eigenvalue weighted by Gasteiger charge is 2.45. The van der Waals surface area contributed by atoms with Crippen LogP contribution in [0, 0.1) is 17.6 Å². The maximum Gasteiger partial charge on any atom is 0.223 e.